The number of nitrogens with one attached hydrogen (secondary N) is 1. The van der Waals surface area contributed by atoms with Crippen LogP contribution in [-0.2, 0) is 4.79 Å². The van der Waals surface area contributed by atoms with Gasteiger partial charge in [0, 0.05) is 11.6 Å². The molecule has 1 spiro atoms. The van der Waals surface area contributed by atoms with E-state index in [9.17, 15) is 9.59 Å². The molecule has 2 saturated carbocycles. The molecule has 0 bridgehead atoms. The fourth-order valence-corrected chi connectivity index (χ4v) is 3.93. The second kappa shape index (κ2) is 3.72. The van der Waals surface area contributed by atoms with E-state index in [2.05, 4.69) is 17.5 Å². The molecule has 1 amide bonds. The molecule has 102 valence electrons. The fraction of sp³-hybridized carbons (Fsp3) is 0.375. The number of benzene rings is 1. The van der Waals surface area contributed by atoms with E-state index >= 15 is 0 Å². The van der Waals surface area contributed by atoms with Crippen LogP contribution >= 0.6 is 0 Å². The van der Waals surface area contributed by atoms with Crippen LogP contribution in [0.3, 0.4) is 0 Å². The summed E-state index contributed by atoms with van der Waals surface area (Å²) in [6, 6.07) is 6.40. The predicted octanol–water partition coefficient (Wildman–Crippen LogP) is 2.54. The zero-order valence-electron chi connectivity index (χ0n) is 10.9. The van der Waals surface area contributed by atoms with E-state index in [4.69, 9.17) is 5.11 Å². The van der Waals surface area contributed by atoms with Gasteiger partial charge in [0.25, 0.3) is 0 Å². The summed E-state index contributed by atoms with van der Waals surface area (Å²) in [6.45, 7) is 0. The van der Waals surface area contributed by atoms with Gasteiger partial charge in [0.1, 0.15) is 0 Å². The highest BCUT2D eigenvalue weighted by Gasteiger charge is 2.68. The molecule has 0 aromatic heterocycles. The number of anilines is 1. The molecule has 0 aliphatic heterocycles. The van der Waals surface area contributed by atoms with Crippen molar-refractivity contribution in [3.05, 3.63) is 42.0 Å². The largest absolute Gasteiger partial charge is 0.478 e. The quantitative estimate of drug-likeness (QED) is 0.829. The zero-order chi connectivity index (χ0) is 13.9. The lowest BCUT2D eigenvalue weighted by molar-refractivity contribution is -0.121. The summed E-state index contributed by atoms with van der Waals surface area (Å²) in [5.41, 5.74) is 1.11. The van der Waals surface area contributed by atoms with Gasteiger partial charge in [-0.15, -0.1) is 0 Å². The molecular weight excluding hydrogens is 254 g/mol. The van der Waals surface area contributed by atoms with Crippen molar-refractivity contribution in [3.8, 4) is 0 Å². The first-order valence-electron chi connectivity index (χ1n) is 6.94. The molecule has 2 N–H and O–H groups in total. The van der Waals surface area contributed by atoms with E-state index in [-0.39, 0.29) is 17.4 Å². The molecule has 2 fully saturated rings. The number of amides is 1. The van der Waals surface area contributed by atoms with Gasteiger partial charge in [0.2, 0.25) is 5.91 Å². The van der Waals surface area contributed by atoms with Crippen LogP contribution in [0.1, 0.15) is 23.2 Å². The Labute approximate surface area is 116 Å². The Morgan fingerprint density at radius 2 is 2.20 bits per heavy atom. The molecule has 4 heteroatoms. The van der Waals surface area contributed by atoms with Crippen molar-refractivity contribution in [2.24, 2.45) is 23.2 Å². The van der Waals surface area contributed by atoms with Crippen molar-refractivity contribution < 1.29 is 14.7 Å². The monoisotopic (exact) mass is 269 g/mol. The average molecular weight is 269 g/mol. The highest BCUT2D eigenvalue weighted by Crippen LogP contribution is 2.73. The van der Waals surface area contributed by atoms with Crippen LogP contribution in [0.25, 0.3) is 0 Å². The lowest BCUT2D eigenvalue weighted by atomic mass is 9.74. The minimum atomic E-state index is -0.982. The maximum atomic E-state index is 12.4. The molecular formula is C16H15NO3. The number of rotatable bonds is 3. The van der Waals surface area contributed by atoms with E-state index in [1.165, 1.54) is 18.6 Å². The Morgan fingerprint density at radius 1 is 1.35 bits per heavy atom. The Morgan fingerprint density at radius 3 is 2.85 bits per heavy atom. The minimum Gasteiger partial charge on any atom is -0.478 e. The second-order valence-electron chi connectivity index (χ2n) is 6.12. The third kappa shape index (κ3) is 1.48. The van der Waals surface area contributed by atoms with Crippen LogP contribution in [0.4, 0.5) is 5.69 Å². The maximum absolute atomic E-state index is 12.4. The summed E-state index contributed by atoms with van der Waals surface area (Å²) in [5.74, 6) is 0.179. The zero-order valence-corrected chi connectivity index (χ0v) is 10.9. The molecule has 1 aromatic rings. The number of hydrogen-bond acceptors (Lipinski definition) is 2. The summed E-state index contributed by atoms with van der Waals surface area (Å²) >= 11 is 0. The van der Waals surface area contributed by atoms with Crippen molar-refractivity contribution in [1.82, 2.24) is 0 Å². The van der Waals surface area contributed by atoms with Gasteiger partial charge in [-0.05, 0) is 48.3 Å². The molecule has 4 atom stereocenters. The molecule has 0 heterocycles. The summed E-state index contributed by atoms with van der Waals surface area (Å²) in [4.78, 5) is 23.3. The van der Waals surface area contributed by atoms with Crippen molar-refractivity contribution in [2.75, 3.05) is 5.32 Å². The Kier molecular flexibility index (Phi) is 2.18. The van der Waals surface area contributed by atoms with Gasteiger partial charge in [-0.1, -0.05) is 18.2 Å². The molecule has 4 rings (SSSR count). The Hall–Kier alpha value is -2.10. The fourth-order valence-electron chi connectivity index (χ4n) is 3.93. The summed E-state index contributed by atoms with van der Waals surface area (Å²) < 4.78 is 0. The molecule has 4 unspecified atom stereocenters. The van der Waals surface area contributed by atoms with E-state index in [0.717, 1.165) is 6.42 Å². The smallest absolute Gasteiger partial charge is 0.335 e. The lowest BCUT2D eigenvalue weighted by Gasteiger charge is -2.30. The van der Waals surface area contributed by atoms with Gasteiger partial charge in [-0.3, -0.25) is 4.79 Å². The molecule has 3 aliphatic carbocycles. The van der Waals surface area contributed by atoms with E-state index < -0.39 is 5.97 Å². The van der Waals surface area contributed by atoms with Crippen molar-refractivity contribution in [2.45, 2.75) is 12.8 Å². The number of allylic oxidation sites excluding steroid dienone is 2. The number of carboxylic acid groups (broad SMARTS) is 1. The van der Waals surface area contributed by atoms with Gasteiger partial charge < -0.3 is 10.4 Å². The summed E-state index contributed by atoms with van der Waals surface area (Å²) in [5, 5.41) is 11.8. The molecule has 3 aliphatic rings. The molecule has 0 saturated heterocycles. The Balaban J connectivity index is 1.49. The number of hydrogen-bond donors (Lipinski definition) is 2. The number of carbonyl (C=O) groups is 2. The first-order valence-corrected chi connectivity index (χ1v) is 6.94. The van der Waals surface area contributed by atoms with Crippen LogP contribution in [0.15, 0.2) is 36.4 Å². The van der Waals surface area contributed by atoms with Crippen LogP contribution in [0.5, 0.6) is 0 Å². The van der Waals surface area contributed by atoms with Crippen LogP contribution in [-0.4, -0.2) is 17.0 Å². The van der Waals surface area contributed by atoms with Gasteiger partial charge in [-0.2, -0.15) is 0 Å². The van der Waals surface area contributed by atoms with Gasteiger partial charge >= 0.3 is 5.97 Å². The number of carboxylic acids is 1. The van der Waals surface area contributed by atoms with Gasteiger partial charge in [-0.25, -0.2) is 4.79 Å². The highest BCUT2D eigenvalue weighted by molar-refractivity contribution is 5.95. The normalized spacial score (nSPS) is 35.7. The number of aromatic carboxylic acids is 1. The topological polar surface area (TPSA) is 66.4 Å². The summed E-state index contributed by atoms with van der Waals surface area (Å²) in [6.07, 6.45) is 6.63. The number of carbonyl (C=O) groups excluding carboxylic acids is 1. The highest BCUT2D eigenvalue weighted by atomic mass is 16.4. The van der Waals surface area contributed by atoms with E-state index in [1.54, 1.807) is 12.1 Å². The predicted molar refractivity (Wildman–Crippen MR) is 73.3 cm³/mol. The third-order valence-corrected chi connectivity index (χ3v) is 5.12. The van der Waals surface area contributed by atoms with Crippen LogP contribution in [0.2, 0.25) is 0 Å². The molecule has 4 nitrogen and oxygen atoms in total. The van der Waals surface area contributed by atoms with Crippen LogP contribution < -0.4 is 5.32 Å². The van der Waals surface area contributed by atoms with Crippen molar-refractivity contribution in [3.63, 3.8) is 0 Å². The van der Waals surface area contributed by atoms with Crippen molar-refractivity contribution in [1.29, 1.82) is 0 Å². The molecule has 20 heavy (non-hydrogen) atoms. The minimum absolute atomic E-state index is 0.0217. The lowest BCUT2D eigenvalue weighted by Crippen LogP contribution is -2.32. The van der Waals surface area contributed by atoms with Crippen LogP contribution in [0, 0.1) is 23.2 Å². The van der Waals surface area contributed by atoms with Gasteiger partial charge in [0.15, 0.2) is 0 Å². The summed E-state index contributed by atoms with van der Waals surface area (Å²) in [7, 11) is 0. The first kappa shape index (κ1) is 11.7. The third-order valence-electron chi connectivity index (χ3n) is 5.12. The van der Waals surface area contributed by atoms with Gasteiger partial charge in [0.05, 0.1) is 5.56 Å². The van der Waals surface area contributed by atoms with Crippen molar-refractivity contribution >= 4 is 17.6 Å². The molecule has 0 radical (unpaired) electrons. The Bertz CT molecular complexity index is 651. The SMILES string of the molecule is O=C(O)c1cccc(NC(=O)C2CC3CC34C=CC24)c1. The molecule has 1 aromatic carbocycles. The average Bonchev–Trinajstić information content (AvgIpc) is 3.09. The van der Waals surface area contributed by atoms with E-state index in [0.29, 0.717) is 22.9 Å². The maximum Gasteiger partial charge on any atom is 0.335 e. The second-order valence-corrected chi connectivity index (χ2v) is 6.12. The standard InChI is InChI=1S/C16H15NO3/c18-14(12-7-10-8-16(10)5-4-13(12)16)17-11-3-1-2-9(6-11)15(19)20/h1-6,10,12-13H,7-8H2,(H,17,18)(H,19,20). The van der Waals surface area contributed by atoms with E-state index in [1.807, 2.05) is 0 Å². The first-order chi connectivity index (χ1) is 9.60.